The van der Waals surface area contributed by atoms with Crippen LogP contribution in [0.25, 0.3) is 10.2 Å². The van der Waals surface area contributed by atoms with Gasteiger partial charge in [0.2, 0.25) is 0 Å². The molecule has 0 spiro atoms. The molecule has 0 radical (unpaired) electrons. The summed E-state index contributed by atoms with van der Waals surface area (Å²) >= 11 is 1.08. The Hall–Kier alpha value is -3.39. The van der Waals surface area contributed by atoms with Crippen LogP contribution in [0.5, 0.6) is 0 Å². The van der Waals surface area contributed by atoms with Crippen LogP contribution in [0.1, 0.15) is 29.8 Å². The first-order valence-corrected chi connectivity index (χ1v) is 11.1. The van der Waals surface area contributed by atoms with Gasteiger partial charge in [-0.05, 0) is 55.8 Å². The number of nitrogens with zero attached hydrogens (tertiary/aromatic N) is 4. The van der Waals surface area contributed by atoms with E-state index in [1.807, 2.05) is 18.2 Å². The van der Waals surface area contributed by atoms with Crippen LogP contribution >= 0.6 is 11.3 Å². The molecule has 0 N–H and O–H groups in total. The van der Waals surface area contributed by atoms with Gasteiger partial charge in [-0.3, -0.25) is 14.7 Å². The second-order valence-corrected chi connectivity index (χ2v) is 8.21. The van der Waals surface area contributed by atoms with Gasteiger partial charge < -0.3 is 4.90 Å². The molecule has 4 aromatic rings. The fourth-order valence-corrected chi connectivity index (χ4v) is 4.52. The molecule has 0 aliphatic heterocycles. The van der Waals surface area contributed by atoms with E-state index >= 15 is 0 Å². The van der Waals surface area contributed by atoms with Gasteiger partial charge in [0, 0.05) is 42.8 Å². The van der Waals surface area contributed by atoms with Crippen LogP contribution in [0.15, 0.2) is 60.9 Å². The van der Waals surface area contributed by atoms with Crippen LogP contribution in [-0.2, 0) is 6.54 Å². The summed E-state index contributed by atoms with van der Waals surface area (Å²) < 4.78 is 28.3. The number of hydrogen-bond donors (Lipinski definition) is 0. The van der Waals surface area contributed by atoms with E-state index in [1.54, 1.807) is 30.6 Å². The third-order valence-corrected chi connectivity index (χ3v) is 6.21. The number of rotatable bonds is 7. The highest BCUT2D eigenvalue weighted by molar-refractivity contribution is 7.22. The average molecular weight is 453 g/mol. The first-order valence-electron chi connectivity index (χ1n) is 10.3. The highest BCUT2D eigenvalue weighted by Gasteiger charge is 2.23. The Labute approximate surface area is 189 Å². The number of hydrogen-bond acceptors (Lipinski definition) is 5. The van der Waals surface area contributed by atoms with Crippen LogP contribution in [-0.4, -0.2) is 29.0 Å². The summed E-state index contributed by atoms with van der Waals surface area (Å²) in [5.74, 6) is -1.71. The minimum Gasteiger partial charge on any atom is -0.372 e. The Morgan fingerprint density at radius 1 is 1.06 bits per heavy atom. The molecule has 0 fully saturated rings. The lowest BCUT2D eigenvalue weighted by molar-refractivity contribution is 0.0985. The molecular weight excluding hydrogens is 430 g/mol. The summed E-state index contributed by atoms with van der Waals surface area (Å²) in [4.78, 5) is 25.6. The van der Waals surface area contributed by atoms with E-state index in [2.05, 4.69) is 28.7 Å². The number of benzene rings is 2. The van der Waals surface area contributed by atoms with Gasteiger partial charge in [-0.2, -0.15) is 0 Å². The average Bonchev–Trinajstić information content (AvgIpc) is 3.23. The Morgan fingerprint density at radius 3 is 2.47 bits per heavy atom. The predicted octanol–water partition coefficient (Wildman–Crippen LogP) is 5.66. The van der Waals surface area contributed by atoms with Gasteiger partial charge in [0.15, 0.2) is 10.9 Å². The van der Waals surface area contributed by atoms with Crippen LogP contribution in [0.3, 0.4) is 0 Å². The van der Waals surface area contributed by atoms with E-state index in [0.717, 1.165) is 41.7 Å². The molecule has 164 valence electrons. The molecular formula is C24H22F2N4OS. The summed E-state index contributed by atoms with van der Waals surface area (Å²) in [5.41, 5.74) is 2.36. The topological polar surface area (TPSA) is 49.3 Å². The van der Waals surface area contributed by atoms with Gasteiger partial charge >= 0.3 is 0 Å². The highest BCUT2D eigenvalue weighted by atomic mass is 32.1. The SMILES string of the molecule is CCN(CC)c1ccc(C(=O)N(Cc2cccnc2)c2nc3c(F)cc(F)cc3s2)cc1. The van der Waals surface area contributed by atoms with Gasteiger partial charge in [-0.25, -0.2) is 13.8 Å². The lowest BCUT2D eigenvalue weighted by Crippen LogP contribution is -2.30. The van der Waals surface area contributed by atoms with Crippen molar-refractivity contribution in [1.29, 1.82) is 0 Å². The molecule has 4 rings (SSSR count). The third kappa shape index (κ3) is 4.45. The molecule has 8 heteroatoms. The van der Waals surface area contributed by atoms with Crippen molar-refractivity contribution in [1.82, 2.24) is 9.97 Å². The molecule has 2 heterocycles. The van der Waals surface area contributed by atoms with E-state index < -0.39 is 11.6 Å². The van der Waals surface area contributed by atoms with Gasteiger partial charge in [-0.1, -0.05) is 17.4 Å². The van der Waals surface area contributed by atoms with Crippen molar-refractivity contribution in [3.63, 3.8) is 0 Å². The number of fused-ring (bicyclic) bond motifs is 1. The lowest BCUT2D eigenvalue weighted by Gasteiger charge is -2.22. The summed E-state index contributed by atoms with van der Waals surface area (Å²) in [7, 11) is 0. The maximum absolute atomic E-state index is 14.2. The molecule has 2 aromatic heterocycles. The van der Waals surface area contributed by atoms with Crippen molar-refractivity contribution in [3.8, 4) is 0 Å². The van der Waals surface area contributed by atoms with Gasteiger partial charge in [0.25, 0.3) is 5.91 Å². The first kappa shape index (κ1) is 21.8. The number of pyridine rings is 1. The monoisotopic (exact) mass is 452 g/mol. The molecule has 0 aliphatic rings. The van der Waals surface area contributed by atoms with Gasteiger partial charge in [-0.15, -0.1) is 0 Å². The van der Waals surface area contributed by atoms with E-state index in [4.69, 9.17) is 0 Å². The fourth-order valence-electron chi connectivity index (χ4n) is 3.52. The normalized spacial score (nSPS) is 11.0. The Balaban J connectivity index is 1.73. The van der Waals surface area contributed by atoms with E-state index in [0.29, 0.717) is 15.4 Å². The molecule has 2 aromatic carbocycles. The quantitative estimate of drug-likeness (QED) is 0.363. The smallest absolute Gasteiger partial charge is 0.260 e. The molecule has 5 nitrogen and oxygen atoms in total. The number of thiazole rings is 1. The number of aromatic nitrogens is 2. The summed E-state index contributed by atoms with van der Waals surface area (Å²) in [6.45, 7) is 6.09. The van der Waals surface area contributed by atoms with E-state index in [1.165, 1.54) is 11.0 Å². The van der Waals surface area contributed by atoms with Crippen LogP contribution in [0.4, 0.5) is 19.6 Å². The number of carbonyl (C=O) groups excluding carboxylic acids is 1. The molecule has 0 atom stereocenters. The third-order valence-electron chi connectivity index (χ3n) is 5.18. The largest absolute Gasteiger partial charge is 0.372 e. The highest BCUT2D eigenvalue weighted by Crippen LogP contribution is 2.33. The van der Waals surface area contributed by atoms with Crippen molar-refractivity contribution in [2.75, 3.05) is 22.9 Å². The summed E-state index contributed by atoms with van der Waals surface area (Å²) in [5, 5.41) is 0.297. The fraction of sp³-hybridized carbons (Fsp3) is 0.208. The molecule has 0 bridgehead atoms. The zero-order chi connectivity index (χ0) is 22.7. The van der Waals surface area contributed by atoms with Crippen LogP contribution < -0.4 is 9.80 Å². The Morgan fingerprint density at radius 2 is 1.81 bits per heavy atom. The first-order chi connectivity index (χ1) is 15.5. The lowest BCUT2D eigenvalue weighted by atomic mass is 10.1. The van der Waals surface area contributed by atoms with Gasteiger partial charge in [0.1, 0.15) is 11.3 Å². The zero-order valence-electron chi connectivity index (χ0n) is 17.8. The zero-order valence-corrected chi connectivity index (χ0v) is 18.6. The standard InChI is InChI=1S/C24H22F2N4OS/c1-3-29(4-2)19-9-7-17(8-10-19)23(31)30(15-16-6-5-11-27-14-16)24-28-22-20(26)12-18(25)13-21(22)32-24/h5-14H,3-4,15H2,1-2H3. The minimum absolute atomic E-state index is 0.0484. The van der Waals surface area contributed by atoms with E-state index in [9.17, 15) is 13.6 Å². The van der Waals surface area contributed by atoms with Crippen molar-refractivity contribution in [3.05, 3.63) is 83.7 Å². The van der Waals surface area contributed by atoms with E-state index in [-0.39, 0.29) is 18.0 Å². The minimum atomic E-state index is -0.750. The van der Waals surface area contributed by atoms with Crippen LogP contribution in [0, 0.1) is 11.6 Å². The van der Waals surface area contributed by atoms with Gasteiger partial charge in [0.05, 0.1) is 11.2 Å². The number of carbonyl (C=O) groups is 1. The molecule has 0 saturated carbocycles. The maximum atomic E-state index is 14.2. The van der Waals surface area contributed by atoms with Crippen molar-refractivity contribution in [2.24, 2.45) is 0 Å². The number of anilines is 2. The summed E-state index contributed by atoms with van der Waals surface area (Å²) in [6.07, 6.45) is 3.31. The number of amides is 1. The Bertz CT molecular complexity index is 1220. The predicted molar refractivity (Wildman–Crippen MR) is 124 cm³/mol. The van der Waals surface area contributed by atoms with Crippen molar-refractivity contribution >= 4 is 38.3 Å². The second-order valence-electron chi connectivity index (χ2n) is 7.20. The number of halogens is 2. The molecule has 0 unspecified atom stereocenters. The molecule has 1 amide bonds. The molecule has 0 aliphatic carbocycles. The molecule has 32 heavy (non-hydrogen) atoms. The van der Waals surface area contributed by atoms with Crippen molar-refractivity contribution in [2.45, 2.75) is 20.4 Å². The Kier molecular flexibility index (Phi) is 6.41. The maximum Gasteiger partial charge on any atom is 0.260 e. The molecule has 0 saturated heterocycles. The van der Waals surface area contributed by atoms with Crippen LogP contribution in [0.2, 0.25) is 0 Å². The summed E-state index contributed by atoms with van der Waals surface area (Å²) in [6, 6.07) is 13.0. The van der Waals surface area contributed by atoms with Crippen molar-refractivity contribution < 1.29 is 13.6 Å². The second kappa shape index (κ2) is 9.40.